The van der Waals surface area contributed by atoms with Crippen molar-refractivity contribution < 1.29 is 9.53 Å². The van der Waals surface area contributed by atoms with Crippen LogP contribution in [0, 0.1) is 6.92 Å². The number of hydrogen-bond donors (Lipinski definition) is 1. The van der Waals surface area contributed by atoms with E-state index in [4.69, 9.17) is 4.74 Å². The Balaban J connectivity index is 1.47. The molecule has 2 aromatic heterocycles. The number of benzene rings is 2. The molecule has 0 saturated carbocycles. The van der Waals surface area contributed by atoms with Crippen molar-refractivity contribution in [2.75, 3.05) is 18.2 Å². The number of thiazole rings is 1. The first-order valence-corrected chi connectivity index (χ1v) is 11.4. The van der Waals surface area contributed by atoms with Crippen LogP contribution in [0.2, 0.25) is 0 Å². The van der Waals surface area contributed by atoms with Crippen LogP contribution in [0.3, 0.4) is 0 Å². The lowest BCUT2D eigenvalue weighted by Gasteiger charge is -2.09. The minimum atomic E-state index is -0.151. The van der Waals surface area contributed by atoms with Gasteiger partial charge in [0, 0.05) is 12.1 Å². The van der Waals surface area contributed by atoms with E-state index in [0.29, 0.717) is 16.8 Å². The van der Waals surface area contributed by atoms with Crippen molar-refractivity contribution >= 4 is 44.4 Å². The van der Waals surface area contributed by atoms with Crippen LogP contribution in [-0.2, 0) is 11.3 Å². The van der Waals surface area contributed by atoms with Crippen LogP contribution < -0.4 is 10.1 Å². The maximum Gasteiger partial charge on any atom is 0.236 e. The van der Waals surface area contributed by atoms with Gasteiger partial charge in [-0.25, -0.2) is 4.98 Å². The fourth-order valence-corrected chi connectivity index (χ4v) is 4.74. The molecule has 2 heterocycles. The molecular weight excluding hydrogens is 430 g/mol. The number of anilines is 1. The highest BCUT2D eigenvalue weighted by atomic mass is 32.2. The van der Waals surface area contributed by atoms with Crippen molar-refractivity contribution in [3.63, 3.8) is 0 Å². The molecule has 0 unspecified atom stereocenters. The predicted molar refractivity (Wildman–Crippen MR) is 126 cm³/mol. The molecular formula is C22H21N5O2S2. The van der Waals surface area contributed by atoms with Crippen molar-refractivity contribution in [2.45, 2.75) is 18.6 Å². The third-order valence-electron chi connectivity index (χ3n) is 4.59. The van der Waals surface area contributed by atoms with E-state index in [9.17, 15) is 4.79 Å². The second kappa shape index (κ2) is 9.32. The maximum absolute atomic E-state index is 12.5. The summed E-state index contributed by atoms with van der Waals surface area (Å²) in [5.41, 5.74) is 2.95. The van der Waals surface area contributed by atoms with Gasteiger partial charge in [0.1, 0.15) is 5.75 Å². The Morgan fingerprint density at radius 2 is 2.13 bits per heavy atom. The van der Waals surface area contributed by atoms with E-state index < -0.39 is 0 Å². The Morgan fingerprint density at radius 3 is 2.90 bits per heavy atom. The lowest BCUT2D eigenvalue weighted by atomic mass is 10.1. The van der Waals surface area contributed by atoms with Crippen molar-refractivity contribution in [1.29, 1.82) is 0 Å². The van der Waals surface area contributed by atoms with Gasteiger partial charge in [-0.2, -0.15) is 0 Å². The number of nitrogens with one attached hydrogen (secondary N) is 1. The monoisotopic (exact) mass is 451 g/mol. The number of aromatic nitrogens is 4. The van der Waals surface area contributed by atoms with Crippen LogP contribution >= 0.6 is 23.1 Å². The Morgan fingerprint density at radius 1 is 1.29 bits per heavy atom. The normalized spacial score (nSPS) is 10.9. The number of amides is 1. The largest absolute Gasteiger partial charge is 0.497 e. The molecule has 1 amide bonds. The number of allylic oxidation sites excluding steroid dienone is 1. The van der Waals surface area contributed by atoms with Gasteiger partial charge in [-0.05, 0) is 30.7 Å². The Hall–Kier alpha value is -3.17. The Labute approximate surface area is 188 Å². The molecule has 0 aliphatic carbocycles. The number of thioether (sulfide) groups is 1. The summed E-state index contributed by atoms with van der Waals surface area (Å²) in [5.74, 6) is 1.57. The molecule has 0 fully saturated rings. The van der Waals surface area contributed by atoms with Gasteiger partial charge < -0.3 is 10.1 Å². The van der Waals surface area contributed by atoms with E-state index in [-0.39, 0.29) is 11.7 Å². The van der Waals surface area contributed by atoms with Crippen LogP contribution in [0.15, 0.2) is 60.3 Å². The average Bonchev–Trinajstić information content (AvgIpc) is 3.35. The van der Waals surface area contributed by atoms with Crippen LogP contribution in [-0.4, -0.2) is 38.5 Å². The number of aryl methyl sites for hydroxylation is 1. The van der Waals surface area contributed by atoms with Crippen molar-refractivity contribution in [3.05, 3.63) is 60.7 Å². The van der Waals surface area contributed by atoms with E-state index in [2.05, 4.69) is 27.1 Å². The van der Waals surface area contributed by atoms with Gasteiger partial charge in [-0.3, -0.25) is 9.36 Å². The second-order valence-electron chi connectivity index (χ2n) is 6.71. The zero-order valence-electron chi connectivity index (χ0n) is 17.2. The van der Waals surface area contributed by atoms with E-state index in [1.807, 2.05) is 54.0 Å². The number of methoxy groups -OCH3 is 1. The van der Waals surface area contributed by atoms with Gasteiger partial charge in [-0.1, -0.05) is 53.4 Å². The Bertz CT molecular complexity index is 1250. The quantitative estimate of drug-likeness (QED) is 0.306. The number of carbonyl (C=O) groups is 1. The van der Waals surface area contributed by atoms with Crippen molar-refractivity contribution in [1.82, 2.24) is 19.7 Å². The highest BCUT2D eigenvalue weighted by Gasteiger charge is 2.17. The fraction of sp³-hybridized carbons (Fsp3) is 0.182. The lowest BCUT2D eigenvalue weighted by molar-refractivity contribution is -0.113. The van der Waals surface area contributed by atoms with E-state index in [1.165, 1.54) is 23.1 Å². The number of fused-ring (bicyclic) bond motifs is 1. The average molecular weight is 452 g/mol. The third-order valence-corrected chi connectivity index (χ3v) is 6.49. The summed E-state index contributed by atoms with van der Waals surface area (Å²) in [6.07, 6.45) is 1.80. The van der Waals surface area contributed by atoms with E-state index in [1.54, 1.807) is 13.2 Å². The van der Waals surface area contributed by atoms with Gasteiger partial charge in [-0.15, -0.1) is 16.8 Å². The number of carbonyl (C=O) groups excluding carboxylic acids is 1. The molecule has 0 aliphatic heterocycles. The highest BCUT2D eigenvalue weighted by Crippen LogP contribution is 2.30. The van der Waals surface area contributed by atoms with Crippen molar-refractivity contribution in [2.24, 2.45) is 0 Å². The molecule has 0 aliphatic rings. The molecule has 0 atom stereocenters. The molecule has 4 aromatic rings. The number of nitrogens with zero attached hydrogens (tertiary/aromatic N) is 4. The Kier molecular flexibility index (Phi) is 6.34. The van der Waals surface area contributed by atoms with Gasteiger partial charge >= 0.3 is 0 Å². The number of ether oxygens (including phenoxy) is 1. The summed E-state index contributed by atoms with van der Waals surface area (Å²) >= 11 is 2.75. The van der Waals surface area contributed by atoms with E-state index >= 15 is 0 Å². The SMILES string of the molecule is C=CCn1c(SCC(=O)Nc2nc3ccc(OC)cc3s2)nnc1-c1ccccc1C. The van der Waals surface area contributed by atoms with Crippen LogP contribution in [0.25, 0.3) is 21.6 Å². The lowest BCUT2D eigenvalue weighted by Crippen LogP contribution is -2.14. The molecule has 1 N–H and O–H groups in total. The van der Waals surface area contributed by atoms with Crippen LogP contribution in [0.1, 0.15) is 5.56 Å². The van der Waals surface area contributed by atoms with Crippen LogP contribution in [0.4, 0.5) is 5.13 Å². The molecule has 0 spiro atoms. The first kappa shape index (κ1) is 21.1. The number of rotatable bonds is 8. The van der Waals surface area contributed by atoms with Crippen LogP contribution in [0.5, 0.6) is 5.75 Å². The highest BCUT2D eigenvalue weighted by molar-refractivity contribution is 7.99. The molecule has 158 valence electrons. The first-order valence-electron chi connectivity index (χ1n) is 9.56. The topological polar surface area (TPSA) is 81.9 Å². The number of hydrogen-bond acceptors (Lipinski definition) is 7. The summed E-state index contributed by atoms with van der Waals surface area (Å²) < 4.78 is 8.16. The molecule has 4 rings (SSSR count). The molecule has 9 heteroatoms. The molecule has 0 radical (unpaired) electrons. The fourth-order valence-electron chi connectivity index (χ4n) is 3.08. The minimum absolute atomic E-state index is 0.151. The summed E-state index contributed by atoms with van der Waals surface area (Å²) in [6, 6.07) is 13.6. The molecule has 31 heavy (non-hydrogen) atoms. The zero-order valence-corrected chi connectivity index (χ0v) is 18.8. The molecule has 2 aromatic carbocycles. The van der Waals surface area contributed by atoms with Gasteiger partial charge in [0.25, 0.3) is 0 Å². The van der Waals surface area contributed by atoms with Gasteiger partial charge in [0.2, 0.25) is 5.91 Å². The predicted octanol–water partition coefficient (Wildman–Crippen LogP) is 4.79. The maximum atomic E-state index is 12.5. The second-order valence-corrected chi connectivity index (χ2v) is 8.68. The standard InChI is InChI=1S/C22H21N5O2S2/c1-4-11-27-20(16-8-6-5-7-14(16)2)25-26-22(27)30-13-19(28)24-21-23-17-10-9-15(29-3)12-18(17)31-21/h4-10,12H,1,11,13H2,2-3H3,(H,23,24,28). The smallest absolute Gasteiger partial charge is 0.236 e. The van der Waals surface area contributed by atoms with Crippen molar-refractivity contribution in [3.8, 4) is 17.1 Å². The summed E-state index contributed by atoms with van der Waals surface area (Å²) in [5, 5.41) is 12.8. The third kappa shape index (κ3) is 4.62. The van der Waals surface area contributed by atoms with E-state index in [0.717, 1.165) is 32.9 Å². The molecule has 0 saturated heterocycles. The summed E-state index contributed by atoms with van der Waals surface area (Å²) in [7, 11) is 1.62. The van der Waals surface area contributed by atoms with Gasteiger partial charge in [0.05, 0.1) is 23.1 Å². The van der Waals surface area contributed by atoms with Gasteiger partial charge in [0.15, 0.2) is 16.1 Å². The molecule has 0 bridgehead atoms. The molecule has 7 nitrogen and oxygen atoms in total. The minimum Gasteiger partial charge on any atom is -0.497 e. The zero-order chi connectivity index (χ0) is 21.8. The first-order chi connectivity index (χ1) is 15.1. The summed E-state index contributed by atoms with van der Waals surface area (Å²) in [6.45, 7) is 6.43. The summed E-state index contributed by atoms with van der Waals surface area (Å²) in [4.78, 5) is 17.0.